The van der Waals surface area contributed by atoms with Crippen molar-refractivity contribution in [2.45, 2.75) is 0 Å². The fourth-order valence-electron chi connectivity index (χ4n) is 1.48. The third-order valence-corrected chi connectivity index (χ3v) is 3.27. The van der Waals surface area contributed by atoms with Crippen molar-refractivity contribution >= 4 is 22.9 Å². The Labute approximate surface area is 120 Å². The van der Waals surface area contributed by atoms with Crippen LogP contribution in [-0.2, 0) is 0 Å². The molecule has 1 aromatic carbocycles. The van der Waals surface area contributed by atoms with Crippen molar-refractivity contribution in [2.75, 3.05) is 11.9 Å². The zero-order chi connectivity index (χ0) is 14.4. The minimum atomic E-state index is -0.233. The zero-order valence-electron chi connectivity index (χ0n) is 10.4. The van der Waals surface area contributed by atoms with E-state index in [9.17, 15) is 4.79 Å². The molecule has 98 valence electrons. The van der Waals surface area contributed by atoms with E-state index >= 15 is 0 Å². The molecule has 1 heterocycles. The van der Waals surface area contributed by atoms with Crippen LogP contribution in [0.2, 0.25) is 0 Å². The molecule has 2 N–H and O–H groups in total. The molecule has 0 aliphatic carbocycles. The zero-order valence-corrected chi connectivity index (χ0v) is 11.2. The van der Waals surface area contributed by atoms with Gasteiger partial charge in [-0.3, -0.25) is 4.79 Å². The van der Waals surface area contributed by atoms with E-state index in [1.807, 2.05) is 6.07 Å². The topological polar surface area (TPSA) is 73.1 Å². The van der Waals surface area contributed by atoms with E-state index in [4.69, 9.17) is 10.4 Å². The number of nitrogens with one attached hydrogen (secondary N) is 1. The second-order valence-corrected chi connectivity index (χ2v) is 4.71. The van der Waals surface area contributed by atoms with Crippen molar-refractivity contribution < 1.29 is 9.90 Å². The number of anilines is 1. The number of thiophene rings is 1. The normalized spacial score (nSPS) is 9.20. The second kappa shape index (κ2) is 6.53. The highest BCUT2D eigenvalue weighted by Gasteiger charge is 2.08. The van der Waals surface area contributed by atoms with Gasteiger partial charge in [-0.2, -0.15) is 5.26 Å². The molecular formula is C15H10N2O2S. The summed E-state index contributed by atoms with van der Waals surface area (Å²) in [4.78, 5) is 12.7. The number of rotatable bonds is 2. The van der Waals surface area contributed by atoms with E-state index < -0.39 is 0 Å². The van der Waals surface area contributed by atoms with Gasteiger partial charge in [0.2, 0.25) is 0 Å². The van der Waals surface area contributed by atoms with Gasteiger partial charge in [-0.25, -0.2) is 0 Å². The summed E-state index contributed by atoms with van der Waals surface area (Å²) in [5.74, 6) is 5.05. The number of carbonyl (C=O) groups is 1. The Bertz CT molecular complexity index is 715. The van der Waals surface area contributed by atoms with Crippen LogP contribution in [0.15, 0.2) is 35.7 Å². The van der Waals surface area contributed by atoms with Gasteiger partial charge in [0.15, 0.2) is 0 Å². The number of aliphatic hydroxyl groups excluding tert-OH is 1. The Hall–Kier alpha value is -2.60. The number of nitrogens with zero attached hydrogens (tertiary/aromatic N) is 1. The van der Waals surface area contributed by atoms with Gasteiger partial charge >= 0.3 is 0 Å². The highest BCUT2D eigenvalue weighted by Crippen LogP contribution is 2.16. The van der Waals surface area contributed by atoms with Crippen LogP contribution in [0.5, 0.6) is 0 Å². The maximum absolute atomic E-state index is 12.0. The van der Waals surface area contributed by atoms with E-state index in [2.05, 4.69) is 17.2 Å². The standard InChI is InChI=1S/C15H10N2O2S/c16-9-11-3-5-13(6-4-11)17-15(19)12-8-14(20-10-12)2-1-7-18/h3-6,8,10,18H,7H2,(H,17,19). The summed E-state index contributed by atoms with van der Waals surface area (Å²) in [6, 6.07) is 10.3. The second-order valence-electron chi connectivity index (χ2n) is 3.80. The fraction of sp³-hybridized carbons (Fsp3) is 0.0667. The molecule has 0 aliphatic heterocycles. The van der Waals surface area contributed by atoms with Crippen molar-refractivity contribution in [1.29, 1.82) is 5.26 Å². The van der Waals surface area contributed by atoms with Crippen molar-refractivity contribution in [2.24, 2.45) is 0 Å². The molecule has 2 aromatic rings. The van der Waals surface area contributed by atoms with Gasteiger partial charge in [0.05, 0.1) is 22.1 Å². The van der Waals surface area contributed by atoms with E-state index in [-0.39, 0.29) is 12.5 Å². The van der Waals surface area contributed by atoms with Crippen molar-refractivity contribution in [3.8, 4) is 17.9 Å². The summed E-state index contributed by atoms with van der Waals surface area (Å²) in [5, 5.41) is 21.8. The van der Waals surface area contributed by atoms with Crippen LogP contribution in [0.3, 0.4) is 0 Å². The third-order valence-electron chi connectivity index (χ3n) is 2.42. The minimum Gasteiger partial charge on any atom is -0.384 e. The quantitative estimate of drug-likeness (QED) is 0.829. The fourth-order valence-corrected chi connectivity index (χ4v) is 2.23. The van der Waals surface area contributed by atoms with Gasteiger partial charge in [-0.1, -0.05) is 11.8 Å². The molecule has 0 radical (unpaired) electrons. The number of aliphatic hydroxyl groups is 1. The lowest BCUT2D eigenvalue weighted by Gasteiger charge is -2.03. The predicted octanol–water partition coefficient (Wildman–Crippen LogP) is 2.22. The molecule has 20 heavy (non-hydrogen) atoms. The van der Waals surface area contributed by atoms with Crippen LogP contribution in [0.25, 0.3) is 0 Å². The van der Waals surface area contributed by atoms with E-state index in [1.165, 1.54) is 11.3 Å². The van der Waals surface area contributed by atoms with Crippen molar-refractivity contribution in [1.82, 2.24) is 0 Å². The predicted molar refractivity (Wildman–Crippen MR) is 77.4 cm³/mol. The molecule has 5 heteroatoms. The van der Waals surface area contributed by atoms with Crippen LogP contribution < -0.4 is 5.32 Å². The number of benzene rings is 1. The molecule has 1 amide bonds. The first-order valence-corrected chi connectivity index (χ1v) is 6.60. The Balaban J connectivity index is 2.07. The maximum Gasteiger partial charge on any atom is 0.256 e. The molecule has 0 spiro atoms. The molecule has 0 bridgehead atoms. The van der Waals surface area contributed by atoms with Gasteiger partial charge in [0.25, 0.3) is 5.91 Å². The molecule has 0 saturated heterocycles. The SMILES string of the molecule is N#Cc1ccc(NC(=O)c2csc(C#CCO)c2)cc1. The smallest absolute Gasteiger partial charge is 0.256 e. The van der Waals surface area contributed by atoms with E-state index in [0.717, 1.165) is 4.88 Å². The van der Waals surface area contributed by atoms with Crippen LogP contribution >= 0.6 is 11.3 Å². The van der Waals surface area contributed by atoms with Crippen molar-refractivity contribution in [3.05, 3.63) is 51.7 Å². The summed E-state index contributed by atoms with van der Waals surface area (Å²) >= 11 is 1.35. The molecule has 2 rings (SSSR count). The van der Waals surface area contributed by atoms with Crippen LogP contribution in [-0.4, -0.2) is 17.6 Å². The number of amides is 1. The summed E-state index contributed by atoms with van der Waals surface area (Å²) in [6.45, 7) is -0.204. The van der Waals surface area contributed by atoms with Gasteiger partial charge in [-0.15, -0.1) is 11.3 Å². The highest BCUT2D eigenvalue weighted by atomic mass is 32.1. The molecule has 0 aliphatic rings. The molecule has 4 nitrogen and oxygen atoms in total. The summed E-state index contributed by atoms with van der Waals surface area (Å²) in [6.07, 6.45) is 0. The summed E-state index contributed by atoms with van der Waals surface area (Å²) < 4.78 is 0. The summed E-state index contributed by atoms with van der Waals surface area (Å²) in [5.41, 5.74) is 1.69. The first kappa shape index (κ1) is 13.8. The van der Waals surface area contributed by atoms with Gasteiger partial charge in [0.1, 0.15) is 6.61 Å². The Morgan fingerprint density at radius 3 is 2.75 bits per heavy atom. The summed E-state index contributed by atoms with van der Waals surface area (Å²) in [7, 11) is 0. The molecule has 0 fully saturated rings. The number of hydrogen-bond acceptors (Lipinski definition) is 4. The third kappa shape index (κ3) is 3.46. The van der Waals surface area contributed by atoms with Gasteiger partial charge in [0, 0.05) is 11.1 Å². The molecule has 1 aromatic heterocycles. The lowest BCUT2D eigenvalue weighted by atomic mass is 10.2. The average molecular weight is 282 g/mol. The Morgan fingerprint density at radius 1 is 1.35 bits per heavy atom. The molecule has 0 unspecified atom stereocenters. The monoisotopic (exact) mass is 282 g/mol. The highest BCUT2D eigenvalue weighted by molar-refractivity contribution is 7.10. The minimum absolute atomic E-state index is 0.204. The maximum atomic E-state index is 12.0. The van der Waals surface area contributed by atoms with E-state index in [1.54, 1.807) is 35.7 Å². The number of nitriles is 1. The van der Waals surface area contributed by atoms with Crippen LogP contribution in [0.1, 0.15) is 20.8 Å². The first-order chi connectivity index (χ1) is 9.72. The van der Waals surface area contributed by atoms with Crippen LogP contribution in [0.4, 0.5) is 5.69 Å². The van der Waals surface area contributed by atoms with Gasteiger partial charge < -0.3 is 10.4 Å². The largest absolute Gasteiger partial charge is 0.384 e. The van der Waals surface area contributed by atoms with Crippen molar-refractivity contribution in [3.63, 3.8) is 0 Å². The molecule has 0 atom stereocenters. The molecular weight excluding hydrogens is 272 g/mol. The van der Waals surface area contributed by atoms with Crippen LogP contribution in [0, 0.1) is 23.2 Å². The lowest BCUT2D eigenvalue weighted by molar-refractivity contribution is 0.102. The molecule has 0 saturated carbocycles. The average Bonchev–Trinajstić information content (AvgIpc) is 2.95. The number of hydrogen-bond donors (Lipinski definition) is 2. The number of carbonyl (C=O) groups excluding carboxylic acids is 1. The first-order valence-electron chi connectivity index (χ1n) is 5.72. The van der Waals surface area contributed by atoms with Gasteiger partial charge in [-0.05, 0) is 30.3 Å². The van der Waals surface area contributed by atoms with E-state index in [0.29, 0.717) is 16.8 Å². The Kier molecular flexibility index (Phi) is 4.52. The lowest BCUT2D eigenvalue weighted by Crippen LogP contribution is -2.10. The Morgan fingerprint density at radius 2 is 2.10 bits per heavy atom.